The van der Waals surface area contributed by atoms with Crippen LogP contribution in [0.5, 0.6) is 5.75 Å². The summed E-state index contributed by atoms with van der Waals surface area (Å²) in [6.45, 7) is 3.48. The fourth-order valence-corrected chi connectivity index (χ4v) is 4.19. The lowest BCUT2D eigenvalue weighted by molar-refractivity contribution is -0.136. The van der Waals surface area contributed by atoms with Gasteiger partial charge in [0.05, 0.1) is 25.8 Å². The maximum atomic E-state index is 13.4. The lowest BCUT2D eigenvalue weighted by atomic mass is 9.95. The van der Waals surface area contributed by atoms with Gasteiger partial charge in [-0.15, -0.1) is 0 Å². The molecule has 1 saturated heterocycles. The van der Waals surface area contributed by atoms with E-state index < -0.39 is 23.9 Å². The SMILES string of the molecule is COC(=O)C1=C(CN2CCN(c3cccc(OC)c3)CC2)NC(=O)NC1c1ccc(F)cc1. The molecule has 0 spiro atoms. The molecule has 2 N–H and O–H groups in total. The number of benzene rings is 2. The number of methoxy groups -OCH3 is 2. The van der Waals surface area contributed by atoms with Gasteiger partial charge in [0, 0.05) is 50.2 Å². The number of hydrogen-bond donors (Lipinski definition) is 2. The van der Waals surface area contributed by atoms with Gasteiger partial charge in [-0.05, 0) is 29.8 Å². The maximum Gasteiger partial charge on any atom is 0.338 e. The molecule has 1 fully saturated rings. The van der Waals surface area contributed by atoms with Crippen LogP contribution in [-0.4, -0.2) is 63.8 Å². The second-order valence-corrected chi connectivity index (χ2v) is 7.93. The number of urea groups is 1. The molecule has 2 aliphatic heterocycles. The minimum Gasteiger partial charge on any atom is -0.497 e. The average molecular weight is 455 g/mol. The lowest BCUT2D eigenvalue weighted by Gasteiger charge is -2.38. The third kappa shape index (κ3) is 5.09. The highest BCUT2D eigenvalue weighted by Crippen LogP contribution is 2.29. The number of piperazine rings is 1. The van der Waals surface area contributed by atoms with Crippen molar-refractivity contribution in [2.24, 2.45) is 0 Å². The van der Waals surface area contributed by atoms with Gasteiger partial charge in [-0.25, -0.2) is 14.0 Å². The largest absolute Gasteiger partial charge is 0.497 e. The third-order valence-electron chi connectivity index (χ3n) is 5.93. The van der Waals surface area contributed by atoms with Crippen molar-refractivity contribution in [2.45, 2.75) is 6.04 Å². The highest BCUT2D eigenvalue weighted by molar-refractivity contribution is 5.95. The quantitative estimate of drug-likeness (QED) is 0.653. The Morgan fingerprint density at radius 2 is 1.82 bits per heavy atom. The molecule has 33 heavy (non-hydrogen) atoms. The van der Waals surface area contributed by atoms with E-state index in [1.165, 1.54) is 19.2 Å². The summed E-state index contributed by atoms with van der Waals surface area (Å²) in [4.78, 5) is 29.5. The van der Waals surface area contributed by atoms with Gasteiger partial charge in [-0.3, -0.25) is 4.90 Å². The fourth-order valence-electron chi connectivity index (χ4n) is 4.19. The molecular formula is C24H27FN4O4. The van der Waals surface area contributed by atoms with Crippen LogP contribution in [0.4, 0.5) is 14.9 Å². The highest BCUT2D eigenvalue weighted by atomic mass is 19.1. The van der Waals surface area contributed by atoms with Crippen LogP contribution in [0.15, 0.2) is 59.8 Å². The summed E-state index contributed by atoms with van der Waals surface area (Å²) in [5.41, 5.74) is 2.51. The van der Waals surface area contributed by atoms with Crippen molar-refractivity contribution in [2.75, 3.05) is 51.8 Å². The van der Waals surface area contributed by atoms with Gasteiger partial charge >= 0.3 is 12.0 Å². The number of halogens is 1. The van der Waals surface area contributed by atoms with E-state index in [1.807, 2.05) is 18.2 Å². The van der Waals surface area contributed by atoms with Crippen molar-refractivity contribution in [1.29, 1.82) is 0 Å². The Kier molecular flexibility index (Phi) is 6.79. The van der Waals surface area contributed by atoms with E-state index in [9.17, 15) is 14.0 Å². The summed E-state index contributed by atoms with van der Waals surface area (Å²) >= 11 is 0. The lowest BCUT2D eigenvalue weighted by Crippen LogP contribution is -2.51. The number of nitrogens with zero attached hydrogens (tertiary/aromatic N) is 2. The molecule has 8 nitrogen and oxygen atoms in total. The third-order valence-corrected chi connectivity index (χ3v) is 5.93. The molecular weight excluding hydrogens is 427 g/mol. The second-order valence-electron chi connectivity index (χ2n) is 7.93. The average Bonchev–Trinajstić information content (AvgIpc) is 2.84. The monoisotopic (exact) mass is 454 g/mol. The van der Waals surface area contributed by atoms with E-state index in [4.69, 9.17) is 9.47 Å². The number of esters is 1. The molecule has 0 radical (unpaired) electrons. The number of nitrogens with one attached hydrogen (secondary N) is 2. The smallest absolute Gasteiger partial charge is 0.338 e. The van der Waals surface area contributed by atoms with E-state index in [2.05, 4.69) is 26.5 Å². The predicted molar refractivity (Wildman–Crippen MR) is 121 cm³/mol. The van der Waals surface area contributed by atoms with E-state index >= 15 is 0 Å². The molecule has 2 amide bonds. The van der Waals surface area contributed by atoms with Gasteiger partial charge in [0.25, 0.3) is 0 Å². The fraction of sp³-hybridized carbons (Fsp3) is 0.333. The zero-order valence-corrected chi connectivity index (χ0v) is 18.6. The molecule has 2 aromatic carbocycles. The molecule has 0 aromatic heterocycles. The summed E-state index contributed by atoms with van der Waals surface area (Å²) in [6.07, 6.45) is 0. The van der Waals surface area contributed by atoms with E-state index in [1.54, 1.807) is 19.2 Å². The van der Waals surface area contributed by atoms with Gasteiger partial charge in [-0.2, -0.15) is 0 Å². The molecule has 0 aliphatic carbocycles. The number of carbonyl (C=O) groups is 2. The Labute approximate surface area is 192 Å². The van der Waals surface area contributed by atoms with Crippen LogP contribution in [0.3, 0.4) is 0 Å². The van der Waals surface area contributed by atoms with Crippen LogP contribution < -0.4 is 20.3 Å². The van der Waals surface area contributed by atoms with Crippen LogP contribution >= 0.6 is 0 Å². The standard InChI is InChI=1S/C24H27FN4O4/c1-32-19-5-3-4-18(14-19)29-12-10-28(11-13-29)15-20-21(23(30)33-2)22(27-24(31)26-20)16-6-8-17(25)9-7-16/h3-9,14,22H,10-13,15H2,1-2H3,(H2,26,27,31). The maximum absolute atomic E-state index is 13.4. The van der Waals surface area contributed by atoms with Crippen molar-refractivity contribution in [3.8, 4) is 5.75 Å². The number of carbonyl (C=O) groups excluding carboxylic acids is 2. The Morgan fingerprint density at radius 3 is 2.48 bits per heavy atom. The predicted octanol–water partition coefficient (Wildman–Crippen LogP) is 2.44. The first-order valence-electron chi connectivity index (χ1n) is 10.7. The van der Waals surface area contributed by atoms with Crippen LogP contribution in [0.2, 0.25) is 0 Å². The van der Waals surface area contributed by atoms with Crippen molar-refractivity contribution >= 4 is 17.7 Å². The first kappa shape index (κ1) is 22.6. The topological polar surface area (TPSA) is 83.1 Å². The first-order valence-corrected chi connectivity index (χ1v) is 10.7. The minimum atomic E-state index is -0.722. The molecule has 1 unspecified atom stereocenters. The molecule has 0 saturated carbocycles. The number of rotatable bonds is 6. The number of ether oxygens (including phenoxy) is 2. The van der Waals surface area contributed by atoms with E-state index in [0.717, 1.165) is 37.6 Å². The van der Waals surface area contributed by atoms with Gasteiger partial charge in [-0.1, -0.05) is 18.2 Å². The summed E-state index contributed by atoms with van der Waals surface area (Å²) in [7, 11) is 2.95. The Hall–Kier alpha value is -3.59. The Bertz CT molecular complexity index is 1050. The zero-order valence-electron chi connectivity index (χ0n) is 18.6. The number of hydrogen-bond acceptors (Lipinski definition) is 6. The molecule has 2 aliphatic rings. The molecule has 4 rings (SSSR count). The zero-order chi connectivity index (χ0) is 23.4. The molecule has 9 heteroatoms. The summed E-state index contributed by atoms with van der Waals surface area (Å²) in [5, 5.41) is 5.54. The van der Waals surface area contributed by atoms with Gasteiger partial charge < -0.3 is 25.0 Å². The normalized spacial score (nSPS) is 19.1. The van der Waals surface area contributed by atoms with Crippen molar-refractivity contribution in [1.82, 2.24) is 15.5 Å². The highest BCUT2D eigenvalue weighted by Gasteiger charge is 2.34. The van der Waals surface area contributed by atoms with Crippen molar-refractivity contribution < 1.29 is 23.5 Å². The van der Waals surface area contributed by atoms with Crippen LogP contribution in [0, 0.1) is 5.82 Å². The minimum absolute atomic E-state index is 0.318. The summed E-state index contributed by atoms with van der Waals surface area (Å²) in [6, 6.07) is 12.5. The molecule has 1 atom stereocenters. The van der Waals surface area contributed by atoms with Crippen molar-refractivity contribution in [3.63, 3.8) is 0 Å². The number of anilines is 1. The first-order chi connectivity index (χ1) is 16.0. The second kappa shape index (κ2) is 9.91. The van der Waals surface area contributed by atoms with Gasteiger partial charge in [0.1, 0.15) is 11.6 Å². The molecule has 174 valence electrons. The molecule has 0 bridgehead atoms. The molecule has 2 heterocycles. The Balaban J connectivity index is 1.52. The summed E-state index contributed by atoms with van der Waals surface area (Å²) in [5.74, 6) is -0.120. The van der Waals surface area contributed by atoms with E-state index in [0.29, 0.717) is 23.4 Å². The summed E-state index contributed by atoms with van der Waals surface area (Å²) < 4.78 is 23.8. The van der Waals surface area contributed by atoms with Crippen molar-refractivity contribution in [3.05, 3.63) is 71.2 Å². The van der Waals surface area contributed by atoms with Gasteiger partial charge in [0.15, 0.2) is 0 Å². The van der Waals surface area contributed by atoms with Gasteiger partial charge in [0.2, 0.25) is 0 Å². The van der Waals surface area contributed by atoms with Crippen LogP contribution in [0.1, 0.15) is 11.6 Å². The van der Waals surface area contributed by atoms with Crippen LogP contribution in [-0.2, 0) is 9.53 Å². The van der Waals surface area contributed by atoms with E-state index in [-0.39, 0.29) is 0 Å². The number of amides is 2. The molecule has 2 aromatic rings. The van der Waals surface area contributed by atoms with Crippen LogP contribution in [0.25, 0.3) is 0 Å². The Morgan fingerprint density at radius 1 is 1.09 bits per heavy atom.